The zero-order valence-corrected chi connectivity index (χ0v) is 6.35. The van der Waals surface area contributed by atoms with Crippen molar-refractivity contribution in [2.75, 3.05) is 5.88 Å². The topological polar surface area (TPSA) is 21.6 Å². The van der Waals surface area contributed by atoms with E-state index < -0.39 is 0 Å². The number of halogens is 1. The molecule has 0 spiro atoms. The predicted octanol–water partition coefficient (Wildman–Crippen LogP) is 1.64. The highest BCUT2D eigenvalue weighted by molar-refractivity contribution is 6.19. The first kappa shape index (κ1) is 6.87. The van der Waals surface area contributed by atoms with Crippen molar-refractivity contribution in [2.24, 2.45) is 11.1 Å². The summed E-state index contributed by atoms with van der Waals surface area (Å²) in [4.78, 5) is 4.97. The molecule has 1 aliphatic heterocycles. The first-order valence-corrected chi connectivity index (χ1v) is 3.55. The average Bonchev–Trinajstić information content (AvgIpc) is 2.12. The van der Waals surface area contributed by atoms with E-state index in [1.54, 1.807) is 0 Å². The van der Waals surface area contributed by atoms with Gasteiger partial charge in [0.25, 0.3) is 0 Å². The fraction of sp³-hybridized carbons (Fsp3) is 0.833. The summed E-state index contributed by atoms with van der Waals surface area (Å²) in [6, 6.07) is 0. The van der Waals surface area contributed by atoms with Crippen LogP contribution in [0.3, 0.4) is 0 Å². The molecule has 0 aromatic rings. The van der Waals surface area contributed by atoms with Crippen LogP contribution in [0, 0.1) is 5.92 Å². The lowest BCUT2D eigenvalue weighted by atomic mass is 10.0. The molecule has 3 heteroatoms. The molecular formula is C6H10ClNO. The van der Waals surface area contributed by atoms with Crippen LogP contribution in [0.25, 0.3) is 0 Å². The van der Waals surface area contributed by atoms with Gasteiger partial charge in [-0.25, -0.2) is 0 Å². The summed E-state index contributed by atoms with van der Waals surface area (Å²) >= 11 is 5.64. The number of alkyl halides is 1. The van der Waals surface area contributed by atoms with Crippen molar-refractivity contribution in [1.82, 2.24) is 0 Å². The third-order valence-electron chi connectivity index (χ3n) is 1.63. The number of hydrogen-bond donors (Lipinski definition) is 0. The van der Waals surface area contributed by atoms with Crippen LogP contribution in [0.15, 0.2) is 5.16 Å². The van der Waals surface area contributed by atoms with Gasteiger partial charge in [0, 0.05) is 5.88 Å². The quantitative estimate of drug-likeness (QED) is 0.517. The maximum absolute atomic E-state index is 5.64. The second-order valence-corrected chi connectivity index (χ2v) is 2.61. The molecule has 9 heavy (non-hydrogen) atoms. The summed E-state index contributed by atoms with van der Waals surface area (Å²) < 4.78 is 0. The molecule has 0 fully saturated rings. The van der Waals surface area contributed by atoms with Crippen molar-refractivity contribution in [3.63, 3.8) is 0 Å². The molecule has 0 aromatic carbocycles. The monoisotopic (exact) mass is 147 g/mol. The Balaban J connectivity index is 2.57. The molecule has 2 atom stereocenters. The summed E-state index contributed by atoms with van der Waals surface area (Å²) in [5.41, 5.74) is 1.01. The van der Waals surface area contributed by atoms with Crippen LogP contribution in [0.2, 0.25) is 0 Å². The molecule has 2 unspecified atom stereocenters. The summed E-state index contributed by atoms with van der Waals surface area (Å²) in [7, 11) is 0. The van der Waals surface area contributed by atoms with Crippen LogP contribution >= 0.6 is 11.6 Å². The van der Waals surface area contributed by atoms with E-state index in [0.717, 1.165) is 5.71 Å². The predicted molar refractivity (Wildman–Crippen MR) is 37.9 cm³/mol. The zero-order chi connectivity index (χ0) is 6.85. The standard InChI is InChI=1S/C6H10ClNO/c1-4-6(3-7)5(2)9-8-4/h5-6H,3H2,1-2H3. The Labute approximate surface area is 59.8 Å². The van der Waals surface area contributed by atoms with Crippen LogP contribution in [-0.2, 0) is 4.84 Å². The van der Waals surface area contributed by atoms with Crippen molar-refractivity contribution in [3.05, 3.63) is 0 Å². The Bertz CT molecular complexity index is 135. The Morgan fingerprint density at radius 3 is 2.67 bits per heavy atom. The van der Waals surface area contributed by atoms with E-state index in [4.69, 9.17) is 16.4 Å². The highest BCUT2D eigenvalue weighted by Gasteiger charge is 2.26. The van der Waals surface area contributed by atoms with Crippen molar-refractivity contribution in [1.29, 1.82) is 0 Å². The number of oxime groups is 1. The molecule has 0 saturated heterocycles. The van der Waals surface area contributed by atoms with Gasteiger partial charge >= 0.3 is 0 Å². The van der Waals surface area contributed by atoms with Gasteiger partial charge in [-0.15, -0.1) is 11.6 Å². The molecule has 2 nitrogen and oxygen atoms in total. The third-order valence-corrected chi connectivity index (χ3v) is 1.96. The van der Waals surface area contributed by atoms with Gasteiger partial charge in [-0.05, 0) is 13.8 Å². The van der Waals surface area contributed by atoms with E-state index in [0.29, 0.717) is 11.8 Å². The molecule has 0 amide bonds. The zero-order valence-electron chi connectivity index (χ0n) is 5.60. The lowest BCUT2D eigenvalue weighted by molar-refractivity contribution is 0.0806. The van der Waals surface area contributed by atoms with Crippen molar-refractivity contribution in [2.45, 2.75) is 20.0 Å². The van der Waals surface area contributed by atoms with E-state index in [2.05, 4.69) is 5.16 Å². The molecule has 0 radical (unpaired) electrons. The summed E-state index contributed by atoms with van der Waals surface area (Å²) in [5, 5.41) is 3.80. The SMILES string of the molecule is CC1=NOC(C)C1CCl. The third kappa shape index (κ3) is 1.18. The van der Waals surface area contributed by atoms with E-state index >= 15 is 0 Å². The molecule has 1 heterocycles. The van der Waals surface area contributed by atoms with Crippen molar-refractivity contribution in [3.8, 4) is 0 Å². The number of rotatable bonds is 1. The lowest BCUT2D eigenvalue weighted by Gasteiger charge is -2.08. The van der Waals surface area contributed by atoms with Crippen LogP contribution in [0.1, 0.15) is 13.8 Å². The highest BCUT2D eigenvalue weighted by Crippen LogP contribution is 2.18. The molecule has 0 aliphatic carbocycles. The first-order chi connectivity index (χ1) is 4.25. The number of hydrogen-bond acceptors (Lipinski definition) is 2. The van der Waals surface area contributed by atoms with Gasteiger partial charge in [0.1, 0.15) is 6.10 Å². The molecule has 0 aromatic heterocycles. The van der Waals surface area contributed by atoms with Crippen LogP contribution in [-0.4, -0.2) is 17.7 Å². The van der Waals surface area contributed by atoms with E-state index in [9.17, 15) is 0 Å². The van der Waals surface area contributed by atoms with Crippen molar-refractivity contribution >= 4 is 17.3 Å². The lowest BCUT2D eigenvalue weighted by Crippen LogP contribution is -2.19. The van der Waals surface area contributed by atoms with Crippen LogP contribution < -0.4 is 0 Å². The minimum atomic E-state index is 0.169. The Hall–Kier alpha value is -0.240. The largest absolute Gasteiger partial charge is 0.392 e. The van der Waals surface area contributed by atoms with Crippen molar-refractivity contribution < 1.29 is 4.84 Å². The summed E-state index contributed by atoms with van der Waals surface area (Å²) in [5.74, 6) is 0.933. The van der Waals surface area contributed by atoms with Gasteiger partial charge < -0.3 is 4.84 Å². The Kier molecular flexibility index (Phi) is 1.96. The van der Waals surface area contributed by atoms with Crippen LogP contribution in [0.5, 0.6) is 0 Å². The van der Waals surface area contributed by atoms with Gasteiger partial charge in [0.15, 0.2) is 0 Å². The first-order valence-electron chi connectivity index (χ1n) is 3.02. The van der Waals surface area contributed by atoms with Gasteiger partial charge in [-0.3, -0.25) is 0 Å². The maximum Gasteiger partial charge on any atom is 0.134 e. The molecule has 1 aliphatic rings. The Morgan fingerprint density at radius 1 is 1.78 bits per heavy atom. The Morgan fingerprint density at radius 2 is 2.44 bits per heavy atom. The van der Waals surface area contributed by atoms with E-state index in [1.807, 2.05) is 13.8 Å². The summed E-state index contributed by atoms with van der Waals surface area (Å²) in [6.07, 6.45) is 0.169. The molecular weight excluding hydrogens is 138 g/mol. The second-order valence-electron chi connectivity index (χ2n) is 2.30. The highest BCUT2D eigenvalue weighted by atomic mass is 35.5. The molecule has 0 N–H and O–H groups in total. The van der Waals surface area contributed by atoms with Gasteiger partial charge in [0.05, 0.1) is 11.6 Å². The normalized spacial score (nSPS) is 33.9. The van der Waals surface area contributed by atoms with Crippen LogP contribution in [0.4, 0.5) is 0 Å². The van der Waals surface area contributed by atoms with E-state index in [1.165, 1.54) is 0 Å². The smallest absolute Gasteiger partial charge is 0.134 e. The molecule has 0 saturated carbocycles. The molecule has 0 bridgehead atoms. The van der Waals surface area contributed by atoms with Gasteiger partial charge in [-0.1, -0.05) is 5.16 Å². The van der Waals surface area contributed by atoms with Gasteiger partial charge in [0.2, 0.25) is 0 Å². The minimum absolute atomic E-state index is 0.169. The maximum atomic E-state index is 5.64. The van der Waals surface area contributed by atoms with E-state index in [-0.39, 0.29) is 6.10 Å². The molecule has 52 valence electrons. The average molecular weight is 148 g/mol. The summed E-state index contributed by atoms with van der Waals surface area (Å²) in [6.45, 7) is 3.92. The fourth-order valence-corrected chi connectivity index (χ4v) is 1.36. The second kappa shape index (κ2) is 2.56. The minimum Gasteiger partial charge on any atom is -0.392 e. The van der Waals surface area contributed by atoms with Gasteiger partial charge in [-0.2, -0.15) is 0 Å². The number of nitrogens with zero attached hydrogens (tertiary/aromatic N) is 1. The molecule has 1 rings (SSSR count). The fourth-order valence-electron chi connectivity index (χ4n) is 0.884.